The first-order valence-electron chi connectivity index (χ1n) is 14.7. The number of carbonyl (C=O) groups excluding carboxylic acids is 1. The van der Waals surface area contributed by atoms with Gasteiger partial charge < -0.3 is 15.3 Å². The lowest BCUT2D eigenvalue weighted by atomic mass is 9.90. The molecule has 2 atom stereocenters. The normalized spacial score (nSPS) is 22.6. The molecule has 1 aromatic carbocycles. The number of likely N-dealkylation sites (tertiary alicyclic amines) is 1. The summed E-state index contributed by atoms with van der Waals surface area (Å²) in [5.41, 5.74) is 0.422. The number of hydrogen-bond acceptors (Lipinski definition) is 6. The summed E-state index contributed by atoms with van der Waals surface area (Å²) in [5, 5.41) is 19.8. The lowest BCUT2D eigenvalue weighted by molar-refractivity contribution is -0.0299. The third kappa shape index (κ3) is 6.04. The van der Waals surface area contributed by atoms with Crippen LogP contribution in [-0.4, -0.2) is 66.5 Å². The quantitative estimate of drug-likeness (QED) is 0.456. The van der Waals surface area contributed by atoms with Crippen LogP contribution in [0.3, 0.4) is 0 Å². The lowest BCUT2D eigenvalue weighted by Gasteiger charge is -2.38. The van der Waals surface area contributed by atoms with E-state index in [1.54, 1.807) is 15.8 Å². The second-order valence-electron chi connectivity index (χ2n) is 11.7. The molecule has 9 nitrogen and oxygen atoms in total. The first-order chi connectivity index (χ1) is 19.9. The Hall–Kier alpha value is -3.63. The number of piperidine rings is 2. The Balaban J connectivity index is 1.08. The van der Waals surface area contributed by atoms with Gasteiger partial charge >= 0.3 is 0 Å². The predicted molar refractivity (Wildman–Crippen MR) is 155 cm³/mol. The van der Waals surface area contributed by atoms with Crippen molar-refractivity contribution in [2.24, 2.45) is 5.92 Å². The molecule has 0 radical (unpaired) electrons. The maximum Gasteiger partial charge on any atom is 0.264 e. The molecule has 1 aliphatic carbocycles. The average Bonchev–Trinajstić information content (AvgIpc) is 3.44. The number of rotatable bonds is 7. The van der Waals surface area contributed by atoms with Gasteiger partial charge in [-0.15, -0.1) is 0 Å². The summed E-state index contributed by atoms with van der Waals surface area (Å²) < 4.78 is 16.4. The summed E-state index contributed by atoms with van der Waals surface area (Å²) in [5.74, 6) is -0.0827. The molecule has 10 heteroatoms. The summed E-state index contributed by atoms with van der Waals surface area (Å²) in [6.07, 6.45) is 17.3. The van der Waals surface area contributed by atoms with E-state index in [9.17, 15) is 19.1 Å². The maximum atomic E-state index is 13.3. The number of carbonyl (C=O) groups is 1. The molecule has 2 saturated heterocycles. The third-order valence-corrected chi connectivity index (χ3v) is 8.80. The van der Waals surface area contributed by atoms with E-state index < -0.39 is 11.4 Å². The Kier molecular flexibility index (Phi) is 7.86. The van der Waals surface area contributed by atoms with Crippen LogP contribution in [0.2, 0.25) is 0 Å². The number of nitrogens with one attached hydrogen (secondary N) is 1. The summed E-state index contributed by atoms with van der Waals surface area (Å²) in [7, 11) is 0. The molecular formula is C31H37FN6O3. The summed E-state index contributed by atoms with van der Waals surface area (Å²) >= 11 is 0. The zero-order chi connectivity index (χ0) is 28.4. The van der Waals surface area contributed by atoms with Crippen molar-refractivity contribution < 1.29 is 14.3 Å². The smallest absolute Gasteiger partial charge is 0.264 e. The molecule has 2 unspecified atom stereocenters. The van der Waals surface area contributed by atoms with Gasteiger partial charge in [0.25, 0.3) is 11.5 Å². The zero-order valence-electron chi connectivity index (χ0n) is 23.2. The largest absolute Gasteiger partial charge is 0.388 e. The SMILES string of the molecule is O=C(c1ccc(F)cc1)N1CCC(O)(Cn2cnc3c(cnn3C3=CCC(CCC4CCCCN4)C=C3)c2=O)CC1. The van der Waals surface area contributed by atoms with Crippen LogP contribution in [0.15, 0.2) is 59.8 Å². The van der Waals surface area contributed by atoms with Gasteiger partial charge in [0.2, 0.25) is 0 Å². The van der Waals surface area contributed by atoms with Gasteiger partial charge in [0, 0.05) is 24.7 Å². The van der Waals surface area contributed by atoms with E-state index in [1.807, 2.05) is 0 Å². The van der Waals surface area contributed by atoms with Crippen LogP contribution in [0.1, 0.15) is 61.7 Å². The fourth-order valence-corrected chi connectivity index (χ4v) is 6.24. The average molecular weight is 561 g/mol. The minimum absolute atomic E-state index is 0.0820. The second kappa shape index (κ2) is 11.7. The van der Waals surface area contributed by atoms with E-state index in [2.05, 4.69) is 33.6 Å². The highest BCUT2D eigenvalue weighted by Gasteiger charge is 2.35. The van der Waals surface area contributed by atoms with Crippen LogP contribution in [0.4, 0.5) is 4.39 Å². The molecule has 3 aliphatic rings. The van der Waals surface area contributed by atoms with E-state index in [4.69, 9.17) is 0 Å². The van der Waals surface area contributed by atoms with Crippen molar-refractivity contribution in [2.45, 2.75) is 69.6 Å². The molecule has 41 heavy (non-hydrogen) atoms. The molecule has 1 amide bonds. The Morgan fingerprint density at radius 3 is 2.66 bits per heavy atom. The molecule has 0 bridgehead atoms. The van der Waals surface area contributed by atoms with E-state index >= 15 is 0 Å². The van der Waals surface area contributed by atoms with Crippen LogP contribution in [0, 0.1) is 11.7 Å². The van der Waals surface area contributed by atoms with E-state index in [0.29, 0.717) is 54.5 Å². The Morgan fingerprint density at radius 1 is 1.15 bits per heavy atom. The number of amides is 1. The van der Waals surface area contributed by atoms with Crippen LogP contribution in [-0.2, 0) is 6.54 Å². The van der Waals surface area contributed by atoms with Gasteiger partial charge in [-0.3, -0.25) is 14.2 Å². The number of allylic oxidation sites excluding steroid dienone is 4. The third-order valence-electron chi connectivity index (χ3n) is 8.80. The van der Waals surface area contributed by atoms with Gasteiger partial charge in [0.05, 0.1) is 24.0 Å². The molecule has 0 spiro atoms. The molecule has 6 rings (SSSR count). The molecule has 0 saturated carbocycles. The van der Waals surface area contributed by atoms with Gasteiger partial charge in [0.15, 0.2) is 5.65 Å². The van der Waals surface area contributed by atoms with Crippen LogP contribution in [0.25, 0.3) is 16.7 Å². The van der Waals surface area contributed by atoms with Gasteiger partial charge in [-0.05, 0) is 87.7 Å². The Labute approximate surface area is 238 Å². The van der Waals surface area contributed by atoms with E-state index in [0.717, 1.165) is 25.1 Å². The van der Waals surface area contributed by atoms with Crippen molar-refractivity contribution in [2.75, 3.05) is 19.6 Å². The van der Waals surface area contributed by atoms with Gasteiger partial charge in [-0.25, -0.2) is 14.1 Å². The second-order valence-corrected chi connectivity index (χ2v) is 11.7. The summed E-state index contributed by atoms with van der Waals surface area (Å²) in [6, 6.07) is 6.09. The molecule has 2 fully saturated rings. The molecule has 2 aromatic heterocycles. The highest BCUT2D eigenvalue weighted by Crippen LogP contribution is 2.27. The zero-order valence-corrected chi connectivity index (χ0v) is 23.2. The highest BCUT2D eigenvalue weighted by atomic mass is 19.1. The minimum atomic E-state index is -1.15. The van der Waals surface area contributed by atoms with Crippen molar-refractivity contribution in [1.29, 1.82) is 0 Å². The molecule has 2 aliphatic heterocycles. The molecule has 4 heterocycles. The van der Waals surface area contributed by atoms with Gasteiger partial charge in [-0.1, -0.05) is 18.6 Å². The number of aromatic nitrogens is 4. The van der Waals surface area contributed by atoms with Crippen LogP contribution < -0.4 is 10.9 Å². The van der Waals surface area contributed by atoms with Crippen molar-refractivity contribution in [1.82, 2.24) is 29.5 Å². The van der Waals surface area contributed by atoms with Crippen LogP contribution >= 0.6 is 0 Å². The number of nitrogens with zero attached hydrogens (tertiary/aromatic N) is 5. The first kappa shape index (κ1) is 27.5. The first-order valence-corrected chi connectivity index (χ1v) is 14.7. The van der Waals surface area contributed by atoms with Gasteiger partial charge in [-0.2, -0.15) is 5.10 Å². The summed E-state index contributed by atoms with van der Waals surface area (Å²) in [6.45, 7) is 1.90. The number of fused-ring (bicyclic) bond motifs is 1. The fraction of sp³-hybridized carbons (Fsp3) is 0.484. The van der Waals surface area contributed by atoms with Gasteiger partial charge in [0.1, 0.15) is 17.5 Å². The molecule has 2 N–H and O–H groups in total. The van der Waals surface area contributed by atoms with E-state index in [-0.39, 0.29) is 18.0 Å². The standard InChI is InChI=1S/C31H37FN6O3/c32-24-9-7-23(8-10-24)29(39)36-17-14-31(41,15-18-36)20-37-21-34-28-27(30(37)40)19-35-38(28)26-12-5-22(6-13-26)4-11-25-3-1-2-16-33-25/h5,7-10,12-13,19,21-22,25,33,41H,1-4,6,11,14-18,20H2. The molecular weight excluding hydrogens is 523 g/mol. The lowest BCUT2D eigenvalue weighted by Crippen LogP contribution is -2.49. The summed E-state index contributed by atoms with van der Waals surface area (Å²) in [4.78, 5) is 32.3. The van der Waals surface area contributed by atoms with Crippen LogP contribution in [0.5, 0.6) is 0 Å². The van der Waals surface area contributed by atoms with Crippen molar-refractivity contribution >= 4 is 22.6 Å². The highest BCUT2D eigenvalue weighted by molar-refractivity contribution is 5.94. The van der Waals surface area contributed by atoms with Crippen molar-refractivity contribution in [3.05, 3.63) is 76.8 Å². The predicted octanol–water partition coefficient (Wildman–Crippen LogP) is 3.74. The number of aliphatic hydroxyl groups is 1. The maximum absolute atomic E-state index is 13.3. The molecule has 3 aromatic rings. The van der Waals surface area contributed by atoms with Crippen molar-refractivity contribution in [3.8, 4) is 0 Å². The molecule has 216 valence electrons. The number of benzene rings is 1. The number of hydrogen-bond donors (Lipinski definition) is 2. The number of halogens is 1. The fourth-order valence-electron chi connectivity index (χ4n) is 6.24. The minimum Gasteiger partial charge on any atom is -0.388 e. The Morgan fingerprint density at radius 2 is 1.95 bits per heavy atom. The van der Waals surface area contributed by atoms with E-state index in [1.165, 1.54) is 60.8 Å². The Bertz CT molecular complexity index is 1510. The monoisotopic (exact) mass is 560 g/mol. The van der Waals surface area contributed by atoms with Crippen molar-refractivity contribution in [3.63, 3.8) is 0 Å². The topological polar surface area (TPSA) is 105 Å².